The topological polar surface area (TPSA) is 146 Å². The van der Waals surface area contributed by atoms with Gasteiger partial charge in [0.25, 0.3) is 5.91 Å². The number of rotatable bonds is 13. The highest BCUT2D eigenvalue weighted by Gasteiger charge is 2.17. The van der Waals surface area contributed by atoms with Crippen LogP contribution >= 0.6 is 0 Å². The lowest BCUT2D eigenvalue weighted by molar-refractivity contribution is 0.0989. The molecule has 0 saturated heterocycles. The summed E-state index contributed by atoms with van der Waals surface area (Å²) >= 11 is 0. The molecule has 0 aliphatic carbocycles. The summed E-state index contributed by atoms with van der Waals surface area (Å²) in [5, 5.41) is 3.04. The van der Waals surface area contributed by atoms with Crippen molar-refractivity contribution in [3.63, 3.8) is 0 Å². The van der Waals surface area contributed by atoms with Gasteiger partial charge >= 0.3 is 0 Å². The SMILES string of the molecule is C/C=C(\C=NC(C)CC)Nc1nc(C)cnc1C(N)=O.CC.CC1COc2cc(C(N)=O)ccc2C1.CCCCCCC(C)CC. The Morgan fingerprint density at radius 1 is 1.09 bits per heavy atom. The fourth-order valence-corrected chi connectivity index (χ4v) is 4.17. The molecule has 3 unspecified atom stereocenters. The third kappa shape index (κ3) is 17.1. The van der Waals surface area contributed by atoms with Crippen LogP contribution in [-0.2, 0) is 6.42 Å². The molecule has 258 valence electrons. The predicted molar refractivity (Wildman–Crippen MR) is 194 cm³/mol. The number of aromatic nitrogens is 2. The molecule has 0 bridgehead atoms. The van der Waals surface area contributed by atoms with E-state index in [0.717, 1.165) is 42.4 Å². The first-order valence-electron chi connectivity index (χ1n) is 17.1. The first kappa shape index (κ1) is 42.2. The van der Waals surface area contributed by atoms with Gasteiger partial charge in [-0.15, -0.1) is 0 Å². The molecule has 1 aliphatic rings. The van der Waals surface area contributed by atoms with Crippen molar-refractivity contribution in [2.24, 2.45) is 28.3 Å². The number of nitrogens with one attached hydrogen (secondary N) is 1. The number of hydrogen-bond donors (Lipinski definition) is 3. The molecular weight excluding hydrogens is 576 g/mol. The minimum Gasteiger partial charge on any atom is -0.493 e. The Morgan fingerprint density at radius 3 is 2.35 bits per heavy atom. The fraction of sp³-hybridized carbons (Fsp3) is 0.595. The molecule has 5 N–H and O–H groups in total. The summed E-state index contributed by atoms with van der Waals surface area (Å²) in [7, 11) is 0. The van der Waals surface area contributed by atoms with E-state index in [2.05, 4.69) is 54.9 Å². The molecule has 0 spiro atoms. The molecule has 1 aliphatic heterocycles. The van der Waals surface area contributed by atoms with E-state index < -0.39 is 11.8 Å². The quantitative estimate of drug-likeness (QED) is 0.148. The van der Waals surface area contributed by atoms with Gasteiger partial charge in [0.1, 0.15) is 5.75 Å². The number of fused-ring (bicyclic) bond motifs is 1. The number of primary amides is 2. The molecule has 2 amide bonds. The number of carbonyl (C=O) groups excluding carboxylic acids is 2. The Bertz CT molecular complexity index is 1230. The summed E-state index contributed by atoms with van der Waals surface area (Å²) in [6.07, 6.45) is 15.5. The number of aliphatic imine (C=N–C) groups is 1. The Labute approximate surface area is 279 Å². The maximum Gasteiger partial charge on any atom is 0.271 e. The summed E-state index contributed by atoms with van der Waals surface area (Å²) in [5.74, 6) is 1.63. The first-order chi connectivity index (χ1) is 21.9. The lowest BCUT2D eigenvalue weighted by Crippen LogP contribution is -2.19. The molecule has 2 aromatic rings. The molecule has 1 aromatic heterocycles. The van der Waals surface area contributed by atoms with Crippen molar-refractivity contribution in [3.8, 4) is 5.75 Å². The van der Waals surface area contributed by atoms with E-state index in [9.17, 15) is 9.59 Å². The van der Waals surface area contributed by atoms with Gasteiger partial charge in [-0.05, 0) is 63.1 Å². The number of aryl methyl sites for hydroxylation is 1. The van der Waals surface area contributed by atoms with E-state index in [1.165, 1.54) is 44.7 Å². The van der Waals surface area contributed by atoms with Crippen molar-refractivity contribution in [2.45, 2.75) is 127 Å². The zero-order chi connectivity index (χ0) is 35.1. The van der Waals surface area contributed by atoms with Gasteiger partial charge in [0, 0.05) is 24.0 Å². The van der Waals surface area contributed by atoms with Gasteiger partial charge in [-0.1, -0.05) is 99.1 Å². The number of ether oxygens (including phenoxy) is 1. The third-order valence-corrected chi connectivity index (χ3v) is 7.45. The maximum atomic E-state index is 11.3. The van der Waals surface area contributed by atoms with Crippen LogP contribution in [0.2, 0.25) is 0 Å². The lowest BCUT2D eigenvalue weighted by Gasteiger charge is -2.22. The van der Waals surface area contributed by atoms with E-state index in [1.54, 1.807) is 25.3 Å². The highest BCUT2D eigenvalue weighted by atomic mass is 16.5. The molecule has 9 heteroatoms. The van der Waals surface area contributed by atoms with E-state index in [1.807, 2.05) is 39.8 Å². The molecule has 46 heavy (non-hydrogen) atoms. The lowest BCUT2D eigenvalue weighted by atomic mass is 9.97. The van der Waals surface area contributed by atoms with E-state index in [-0.39, 0.29) is 11.7 Å². The fourth-order valence-electron chi connectivity index (χ4n) is 4.17. The second-order valence-electron chi connectivity index (χ2n) is 11.6. The summed E-state index contributed by atoms with van der Waals surface area (Å²) in [6, 6.07) is 5.64. The van der Waals surface area contributed by atoms with Gasteiger partial charge in [-0.25, -0.2) is 9.97 Å². The van der Waals surface area contributed by atoms with Crippen LogP contribution < -0.4 is 21.5 Å². The number of amides is 2. The largest absolute Gasteiger partial charge is 0.493 e. The average Bonchev–Trinajstić information content (AvgIpc) is 3.05. The van der Waals surface area contributed by atoms with E-state index >= 15 is 0 Å². The van der Waals surface area contributed by atoms with Crippen molar-refractivity contribution in [2.75, 3.05) is 11.9 Å². The van der Waals surface area contributed by atoms with E-state index in [4.69, 9.17) is 16.2 Å². The monoisotopic (exact) mass is 638 g/mol. The number of benzene rings is 1. The van der Waals surface area contributed by atoms with Crippen LogP contribution in [0.3, 0.4) is 0 Å². The second-order valence-corrected chi connectivity index (χ2v) is 11.6. The maximum absolute atomic E-state index is 11.3. The number of nitrogens with zero attached hydrogens (tertiary/aromatic N) is 3. The van der Waals surface area contributed by atoms with Crippen LogP contribution in [0.15, 0.2) is 41.2 Å². The van der Waals surface area contributed by atoms with Crippen molar-refractivity contribution in [1.29, 1.82) is 0 Å². The van der Waals surface area contributed by atoms with Crippen LogP contribution in [0, 0.1) is 18.8 Å². The van der Waals surface area contributed by atoms with Crippen LogP contribution in [0.25, 0.3) is 0 Å². The summed E-state index contributed by atoms with van der Waals surface area (Å²) in [5.41, 5.74) is 13.7. The number of anilines is 1. The molecule has 1 aromatic carbocycles. The number of hydrogen-bond acceptors (Lipinski definition) is 7. The molecule has 0 saturated carbocycles. The van der Waals surface area contributed by atoms with Gasteiger partial charge < -0.3 is 21.5 Å². The number of nitrogens with two attached hydrogens (primary N) is 2. The van der Waals surface area contributed by atoms with Crippen LogP contribution in [0.5, 0.6) is 5.75 Å². The molecular formula is C37H62N6O3. The molecule has 9 nitrogen and oxygen atoms in total. The van der Waals surface area contributed by atoms with Crippen LogP contribution in [0.4, 0.5) is 5.82 Å². The number of carbonyl (C=O) groups is 2. The first-order valence-corrected chi connectivity index (χ1v) is 17.1. The van der Waals surface area contributed by atoms with Gasteiger partial charge in [0.15, 0.2) is 11.5 Å². The Balaban J connectivity index is 0.000000680. The Kier molecular flexibility index (Phi) is 22.5. The molecule has 3 atom stereocenters. The van der Waals surface area contributed by atoms with Crippen molar-refractivity contribution in [1.82, 2.24) is 9.97 Å². The summed E-state index contributed by atoms with van der Waals surface area (Å²) in [4.78, 5) is 34.9. The minimum absolute atomic E-state index is 0.117. The molecule has 0 radical (unpaired) electrons. The summed E-state index contributed by atoms with van der Waals surface area (Å²) < 4.78 is 5.52. The zero-order valence-electron chi connectivity index (χ0n) is 30.3. The van der Waals surface area contributed by atoms with Crippen molar-refractivity contribution >= 4 is 23.8 Å². The van der Waals surface area contributed by atoms with Crippen molar-refractivity contribution in [3.05, 3.63) is 58.7 Å². The van der Waals surface area contributed by atoms with Crippen molar-refractivity contribution < 1.29 is 14.3 Å². The van der Waals surface area contributed by atoms with Gasteiger partial charge in [0.05, 0.1) is 18.0 Å². The second kappa shape index (κ2) is 24.5. The third-order valence-electron chi connectivity index (χ3n) is 7.45. The zero-order valence-corrected chi connectivity index (χ0v) is 30.3. The van der Waals surface area contributed by atoms with Crippen LogP contribution in [0.1, 0.15) is 139 Å². The van der Waals surface area contributed by atoms with Crippen LogP contribution in [-0.4, -0.2) is 40.6 Å². The predicted octanol–water partition coefficient (Wildman–Crippen LogP) is 8.45. The molecule has 0 fully saturated rings. The number of allylic oxidation sites excluding steroid dienone is 2. The standard InChI is InChI=1S/C14H21N5O.C11H13NO2.C10H22.C2H6/c1-5-9(3)16-8-11(6-2)19-14-12(13(15)20)17-7-10(4)18-14;1-7-4-8-2-3-9(11(12)13)5-10(8)14-6-7;1-4-6-7-8-9-10(3)5-2;1-2/h6-9H,5H2,1-4H3,(H2,15,20)(H,18,19);2-3,5,7H,4,6H2,1H3,(H2,12,13);10H,4-9H2,1-3H3;1-2H3/b11-6+,16-8?;;;. The van der Waals surface area contributed by atoms with E-state index in [0.29, 0.717) is 23.0 Å². The highest BCUT2D eigenvalue weighted by Crippen LogP contribution is 2.28. The average molecular weight is 639 g/mol. The molecule has 3 rings (SSSR count). The van der Waals surface area contributed by atoms with Gasteiger partial charge in [-0.2, -0.15) is 0 Å². The molecule has 2 heterocycles. The van der Waals surface area contributed by atoms with Gasteiger partial charge in [-0.3, -0.25) is 14.6 Å². The minimum atomic E-state index is -0.616. The highest BCUT2D eigenvalue weighted by molar-refractivity contribution is 5.97. The normalized spacial score (nSPS) is 14.9. The van der Waals surface area contributed by atoms with Gasteiger partial charge in [0.2, 0.25) is 5.91 Å². The summed E-state index contributed by atoms with van der Waals surface area (Å²) in [6.45, 7) is 21.5. The Hall–Kier alpha value is -3.75. The Morgan fingerprint density at radius 2 is 1.78 bits per heavy atom. The smallest absolute Gasteiger partial charge is 0.271 e. The number of unbranched alkanes of at least 4 members (excludes halogenated alkanes) is 3.